The number of esters is 1. The quantitative estimate of drug-likeness (QED) is 0.200. The molecule has 0 saturated carbocycles. The Labute approximate surface area is 256 Å². The van der Waals surface area contributed by atoms with Crippen LogP contribution in [0.25, 0.3) is 33.3 Å². The van der Waals surface area contributed by atoms with Crippen molar-refractivity contribution in [3.05, 3.63) is 109 Å². The lowest BCUT2D eigenvalue weighted by Crippen LogP contribution is -2.44. The summed E-state index contributed by atoms with van der Waals surface area (Å²) in [6, 6.07) is 14.6. The van der Waals surface area contributed by atoms with Crippen LogP contribution in [-0.4, -0.2) is 32.3 Å². The molecular weight excluding hydrogens is 576 g/mol. The SMILES string of the molecule is CC1=CCc2c(cc3oc(C)cc(=O)c3c2O)OC1.CCC1(O)C(=O)OCc2c1cc1n(c2=O)Cc2cc3ccccc3nc2-1. The molecule has 0 amide bonds. The molecule has 5 aromatic rings. The lowest BCUT2D eigenvalue weighted by Gasteiger charge is -2.31. The maximum Gasteiger partial charge on any atom is 0.343 e. The third-order valence-corrected chi connectivity index (χ3v) is 8.71. The van der Waals surface area contributed by atoms with Crippen LogP contribution in [0.4, 0.5) is 0 Å². The second-order valence-electron chi connectivity index (χ2n) is 11.6. The number of benzene rings is 2. The molecule has 0 radical (unpaired) electrons. The fourth-order valence-electron chi connectivity index (χ4n) is 6.22. The van der Waals surface area contributed by atoms with Gasteiger partial charge in [-0.25, -0.2) is 9.78 Å². The molecule has 0 fully saturated rings. The van der Waals surface area contributed by atoms with Crippen LogP contribution in [0.2, 0.25) is 0 Å². The van der Waals surface area contributed by atoms with Crippen molar-refractivity contribution in [2.45, 2.75) is 52.4 Å². The summed E-state index contributed by atoms with van der Waals surface area (Å²) in [6.45, 7) is 6.16. The van der Waals surface area contributed by atoms with Crippen LogP contribution in [0.15, 0.2) is 74.2 Å². The number of cyclic esters (lactones) is 1. The number of nitrogens with zero attached hydrogens (tertiary/aromatic N) is 2. The van der Waals surface area contributed by atoms with Crippen molar-refractivity contribution in [2.24, 2.45) is 0 Å². The van der Waals surface area contributed by atoms with Crippen molar-refractivity contribution < 1.29 is 28.9 Å². The van der Waals surface area contributed by atoms with Gasteiger partial charge in [0, 0.05) is 34.2 Å². The molecule has 1 unspecified atom stereocenters. The van der Waals surface area contributed by atoms with E-state index in [1.807, 2.05) is 43.3 Å². The molecule has 10 nitrogen and oxygen atoms in total. The summed E-state index contributed by atoms with van der Waals surface area (Å²) in [6.07, 6.45) is 2.68. The first-order valence-electron chi connectivity index (χ1n) is 14.7. The molecule has 3 aliphatic heterocycles. The van der Waals surface area contributed by atoms with Gasteiger partial charge in [0.1, 0.15) is 41.4 Å². The molecule has 3 aliphatic rings. The van der Waals surface area contributed by atoms with Crippen LogP contribution in [0, 0.1) is 6.92 Å². The number of carbonyl (C=O) groups excluding carboxylic acids is 1. The lowest BCUT2D eigenvalue weighted by atomic mass is 9.86. The highest BCUT2D eigenvalue weighted by atomic mass is 16.6. The molecule has 8 rings (SSSR count). The van der Waals surface area contributed by atoms with E-state index in [9.17, 15) is 24.6 Å². The molecule has 0 bridgehead atoms. The van der Waals surface area contributed by atoms with E-state index in [1.54, 1.807) is 30.5 Å². The highest BCUT2D eigenvalue weighted by Crippen LogP contribution is 2.39. The Balaban J connectivity index is 0.000000152. The number of hydrogen-bond donors (Lipinski definition) is 2. The Kier molecular flexibility index (Phi) is 6.63. The third-order valence-electron chi connectivity index (χ3n) is 8.71. The van der Waals surface area contributed by atoms with Gasteiger partial charge in [-0.2, -0.15) is 0 Å². The topological polar surface area (TPSA) is 141 Å². The highest BCUT2D eigenvalue weighted by molar-refractivity contribution is 5.88. The predicted octanol–water partition coefficient (Wildman–Crippen LogP) is 4.77. The minimum atomic E-state index is -1.79. The van der Waals surface area contributed by atoms with Crippen LogP contribution in [-0.2, 0) is 34.7 Å². The number of rotatable bonds is 1. The lowest BCUT2D eigenvalue weighted by molar-refractivity contribution is -0.172. The summed E-state index contributed by atoms with van der Waals surface area (Å²) in [5, 5.41) is 22.4. The Morgan fingerprint density at radius 3 is 2.60 bits per heavy atom. The van der Waals surface area contributed by atoms with Gasteiger partial charge in [-0.15, -0.1) is 0 Å². The molecular formula is C35H30N2O8. The molecule has 0 saturated heterocycles. The van der Waals surface area contributed by atoms with E-state index in [2.05, 4.69) is 0 Å². The zero-order valence-electron chi connectivity index (χ0n) is 25.0. The van der Waals surface area contributed by atoms with Gasteiger partial charge >= 0.3 is 5.97 Å². The van der Waals surface area contributed by atoms with Gasteiger partial charge in [-0.3, -0.25) is 9.59 Å². The van der Waals surface area contributed by atoms with E-state index < -0.39 is 11.6 Å². The van der Waals surface area contributed by atoms with Gasteiger partial charge in [0.05, 0.1) is 29.0 Å². The van der Waals surface area contributed by atoms with E-state index in [0.717, 1.165) is 27.7 Å². The van der Waals surface area contributed by atoms with E-state index in [-0.39, 0.29) is 35.2 Å². The van der Waals surface area contributed by atoms with Crippen LogP contribution in [0.5, 0.6) is 11.5 Å². The summed E-state index contributed by atoms with van der Waals surface area (Å²) in [7, 11) is 0. The molecule has 6 heterocycles. The Morgan fingerprint density at radius 1 is 1.00 bits per heavy atom. The average Bonchev–Trinajstić information content (AvgIpc) is 3.26. The second-order valence-corrected chi connectivity index (χ2v) is 11.6. The van der Waals surface area contributed by atoms with Gasteiger partial charge in [0.15, 0.2) is 11.0 Å². The number of para-hydroxylation sites is 1. The van der Waals surface area contributed by atoms with Crippen LogP contribution in [0.3, 0.4) is 0 Å². The van der Waals surface area contributed by atoms with Gasteiger partial charge in [-0.05, 0) is 50.5 Å². The van der Waals surface area contributed by atoms with Crippen LogP contribution >= 0.6 is 0 Å². The van der Waals surface area contributed by atoms with Crippen molar-refractivity contribution >= 4 is 27.8 Å². The minimum absolute atomic E-state index is 0.0350. The van der Waals surface area contributed by atoms with Gasteiger partial charge in [0.2, 0.25) is 0 Å². The van der Waals surface area contributed by atoms with E-state index >= 15 is 0 Å². The van der Waals surface area contributed by atoms with Crippen molar-refractivity contribution in [1.82, 2.24) is 9.55 Å². The molecule has 0 aliphatic carbocycles. The van der Waals surface area contributed by atoms with Crippen LogP contribution < -0.4 is 15.7 Å². The van der Waals surface area contributed by atoms with Crippen molar-refractivity contribution in [2.75, 3.05) is 6.61 Å². The maximum absolute atomic E-state index is 13.0. The van der Waals surface area contributed by atoms with Gasteiger partial charge < -0.3 is 28.7 Å². The number of aromatic hydroxyl groups is 1. The number of pyridine rings is 2. The van der Waals surface area contributed by atoms with Crippen molar-refractivity contribution in [3.8, 4) is 22.9 Å². The van der Waals surface area contributed by atoms with E-state index in [0.29, 0.717) is 59.0 Å². The number of aromatic nitrogens is 2. The number of fused-ring (bicyclic) bond motifs is 7. The monoisotopic (exact) mass is 606 g/mol. The summed E-state index contributed by atoms with van der Waals surface area (Å²) in [5.74, 6) is 0.348. The number of phenolic OH excluding ortho intramolecular Hbond substituents is 1. The Hall–Kier alpha value is -5.22. The van der Waals surface area contributed by atoms with Gasteiger partial charge in [0.25, 0.3) is 5.56 Å². The smallest absolute Gasteiger partial charge is 0.343 e. The maximum atomic E-state index is 13.0. The number of aryl methyl sites for hydroxylation is 1. The largest absolute Gasteiger partial charge is 0.507 e. The standard InChI is InChI=1S/C20H16N2O4.C15H14O4/c1-2-20(25)14-8-16-17-12(7-11-5-3-4-6-15(11)21-17)9-22(16)18(23)13(14)10-26-19(20)24;1-8-3-4-10-12(18-7-8)6-13-14(15(10)17)11(16)5-9(2)19-13/h3-8,25H,2,9-10H2,1H3;3,5-6,17H,4,7H2,1-2H3. The Bertz CT molecular complexity index is 2230. The fourth-order valence-corrected chi connectivity index (χ4v) is 6.22. The zero-order chi connectivity index (χ0) is 31.6. The van der Waals surface area contributed by atoms with Crippen molar-refractivity contribution in [3.63, 3.8) is 0 Å². The fraction of sp³-hybridized carbons (Fsp3) is 0.257. The number of aliphatic hydroxyl groups is 1. The third kappa shape index (κ3) is 4.52. The minimum Gasteiger partial charge on any atom is -0.507 e. The summed E-state index contributed by atoms with van der Waals surface area (Å²) < 4.78 is 17.9. The number of phenols is 1. The van der Waals surface area contributed by atoms with Gasteiger partial charge in [-0.1, -0.05) is 31.2 Å². The second kappa shape index (κ2) is 10.4. The predicted molar refractivity (Wildman–Crippen MR) is 166 cm³/mol. The number of ether oxygens (including phenoxy) is 2. The molecule has 3 aromatic heterocycles. The molecule has 2 aromatic carbocycles. The molecule has 0 spiro atoms. The Morgan fingerprint density at radius 2 is 1.80 bits per heavy atom. The molecule has 10 heteroatoms. The molecule has 1 atom stereocenters. The summed E-state index contributed by atoms with van der Waals surface area (Å²) in [5.41, 5.74) is 3.68. The molecule has 45 heavy (non-hydrogen) atoms. The summed E-state index contributed by atoms with van der Waals surface area (Å²) in [4.78, 5) is 41.9. The summed E-state index contributed by atoms with van der Waals surface area (Å²) >= 11 is 0. The van der Waals surface area contributed by atoms with Crippen LogP contribution in [0.1, 0.15) is 48.3 Å². The number of allylic oxidation sites excluding steroid dienone is 1. The molecule has 228 valence electrons. The number of carbonyl (C=O) groups is 1. The first-order chi connectivity index (χ1) is 21.6. The normalized spacial score (nSPS) is 18.0. The zero-order valence-corrected chi connectivity index (χ0v) is 25.0. The van der Waals surface area contributed by atoms with Crippen molar-refractivity contribution in [1.29, 1.82) is 0 Å². The number of hydrogen-bond acceptors (Lipinski definition) is 9. The van der Waals surface area contributed by atoms with E-state index in [1.165, 1.54) is 6.07 Å². The first kappa shape index (κ1) is 28.5. The van der Waals surface area contributed by atoms with E-state index in [4.69, 9.17) is 18.9 Å². The first-order valence-corrected chi connectivity index (χ1v) is 14.7. The average molecular weight is 607 g/mol. The highest BCUT2D eigenvalue weighted by Gasteiger charge is 2.45. The molecule has 2 N–H and O–H groups in total.